The van der Waals surface area contributed by atoms with Gasteiger partial charge in [-0.1, -0.05) is 43.3 Å². The molecule has 5 rings (SSSR count). The molecule has 1 aliphatic rings. The van der Waals surface area contributed by atoms with E-state index in [9.17, 15) is 9.59 Å². The number of carbonyl (C=O) groups is 1. The lowest BCUT2D eigenvalue weighted by atomic mass is 9.92. The van der Waals surface area contributed by atoms with Gasteiger partial charge in [0.15, 0.2) is 0 Å². The van der Waals surface area contributed by atoms with Gasteiger partial charge < -0.3 is 15.2 Å². The lowest BCUT2D eigenvalue weighted by Crippen LogP contribution is -2.33. The summed E-state index contributed by atoms with van der Waals surface area (Å²) >= 11 is 0. The van der Waals surface area contributed by atoms with Gasteiger partial charge in [-0.25, -0.2) is 4.79 Å². The molecule has 3 aromatic carbocycles. The van der Waals surface area contributed by atoms with Crippen molar-refractivity contribution in [1.82, 2.24) is 9.13 Å². The maximum absolute atomic E-state index is 13.2. The number of ether oxygens (including phenoxy) is 2. The maximum Gasteiger partial charge on any atom is 0.330 e. The number of nitrogens with two attached hydrogens (primary N) is 1. The van der Waals surface area contributed by atoms with Gasteiger partial charge in [-0.2, -0.15) is 0 Å². The number of aromatic nitrogens is 2. The van der Waals surface area contributed by atoms with Crippen molar-refractivity contribution in [1.29, 1.82) is 0 Å². The van der Waals surface area contributed by atoms with Crippen molar-refractivity contribution in [3.63, 3.8) is 0 Å². The van der Waals surface area contributed by atoms with Gasteiger partial charge in [0, 0.05) is 18.0 Å². The minimum Gasteiger partial charge on any atom is -0.497 e. The van der Waals surface area contributed by atoms with Crippen LogP contribution in [0.1, 0.15) is 37.0 Å². The monoisotopic (exact) mass is 445 g/mol. The van der Waals surface area contributed by atoms with E-state index in [4.69, 9.17) is 15.2 Å². The van der Waals surface area contributed by atoms with Crippen LogP contribution in [0.4, 0.5) is 0 Å². The van der Waals surface area contributed by atoms with Gasteiger partial charge in [0.2, 0.25) is 0 Å². The fourth-order valence-electron chi connectivity index (χ4n) is 4.85. The summed E-state index contributed by atoms with van der Waals surface area (Å²) in [7, 11) is 1.64. The molecular weight excluding hydrogens is 418 g/mol. The van der Waals surface area contributed by atoms with Crippen LogP contribution in [0.25, 0.3) is 21.8 Å². The van der Waals surface area contributed by atoms with E-state index in [1.165, 1.54) is 0 Å². The Morgan fingerprint density at radius 2 is 1.91 bits per heavy atom. The molecule has 0 saturated carbocycles. The number of nitrogens with zero attached hydrogens (tertiary/aromatic N) is 2. The number of carbonyl (C=O) groups excluding carboxylic acids is 1. The van der Waals surface area contributed by atoms with Gasteiger partial charge in [0.05, 0.1) is 30.7 Å². The number of benzene rings is 3. The molecule has 1 aromatic heterocycles. The van der Waals surface area contributed by atoms with Crippen LogP contribution in [0, 0.1) is 5.92 Å². The third-order valence-corrected chi connectivity index (χ3v) is 6.71. The van der Waals surface area contributed by atoms with E-state index in [0.29, 0.717) is 6.54 Å². The van der Waals surface area contributed by atoms with Crippen molar-refractivity contribution in [2.45, 2.75) is 39.1 Å². The van der Waals surface area contributed by atoms with E-state index >= 15 is 0 Å². The SMILES string of the molecule is COc1ccc2cc([C@@H](C)C(=O)O[C@H]3c4cccc5c4n(c(=O)n5CN)CC3C)ccc2c1. The number of rotatable bonds is 5. The van der Waals surface area contributed by atoms with Gasteiger partial charge in [0.1, 0.15) is 11.9 Å². The molecule has 3 atom stereocenters. The van der Waals surface area contributed by atoms with Gasteiger partial charge in [-0.3, -0.25) is 13.9 Å². The highest BCUT2D eigenvalue weighted by Gasteiger charge is 2.34. The molecule has 0 saturated heterocycles. The van der Waals surface area contributed by atoms with Crippen LogP contribution < -0.4 is 16.2 Å². The molecule has 4 aromatic rings. The fraction of sp³-hybridized carbons (Fsp3) is 0.308. The molecule has 2 heterocycles. The topological polar surface area (TPSA) is 88.5 Å². The number of fused-ring (bicyclic) bond motifs is 1. The second-order valence-corrected chi connectivity index (χ2v) is 8.75. The highest BCUT2D eigenvalue weighted by molar-refractivity contribution is 5.87. The lowest BCUT2D eigenvalue weighted by molar-refractivity contribution is -0.154. The van der Waals surface area contributed by atoms with Crippen LogP contribution in [0.3, 0.4) is 0 Å². The van der Waals surface area contributed by atoms with Crippen molar-refractivity contribution >= 4 is 27.8 Å². The fourth-order valence-corrected chi connectivity index (χ4v) is 4.85. The summed E-state index contributed by atoms with van der Waals surface area (Å²) in [5, 5.41) is 2.09. The first-order valence-corrected chi connectivity index (χ1v) is 11.1. The number of esters is 1. The third kappa shape index (κ3) is 3.40. The van der Waals surface area contributed by atoms with E-state index < -0.39 is 12.0 Å². The van der Waals surface area contributed by atoms with Crippen molar-refractivity contribution in [2.24, 2.45) is 11.7 Å². The van der Waals surface area contributed by atoms with E-state index in [0.717, 1.165) is 38.7 Å². The van der Waals surface area contributed by atoms with Gasteiger partial charge in [0.25, 0.3) is 0 Å². The molecule has 170 valence electrons. The van der Waals surface area contributed by atoms with Gasteiger partial charge >= 0.3 is 11.7 Å². The van der Waals surface area contributed by atoms with E-state index in [2.05, 4.69) is 0 Å². The predicted molar refractivity (Wildman–Crippen MR) is 127 cm³/mol. The Balaban J connectivity index is 1.46. The highest BCUT2D eigenvalue weighted by Crippen LogP contribution is 2.38. The lowest BCUT2D eigenvalue weighted by Gasteiger charge is -2.30. The molecule has 7 heteroatoms. The van der Waals surface area contributed by atoms with Crippen LogP contribution >= 0.6 is 0 Å². The Morgan fingerprint density at radius 3 is 2.67 bits per heavy atom. The summed E-state index contributed by atoms with van der Waals surface area (Å²) in [6.07, 6.45) is -0.429. The molecule has 0 fully saturated rings. The Labute approximate surface area is 191 Å². The smallest absolute Gasteiger partial charge is 0.330 e. The zero-order chi connectivity index (χ0) is 23.3. The molecule has 0 spiro atoms. The zero-order valence-electron chi connectivity index (χ0n) is 18.9. The van der Waals surface area contributed by atoms with Crippen LogP contribution in [-0.2, 0) is 22.7 Å². The van der Waals surface area contributed by atoms with Crippen molar-refractivity contribution in [3.05, 3.63) is 76.2 Å². The number of imidazole rings is 1. The van der Waals surface area contributed by atoms with Crippen molar-refractivity contribution in [2.75, 3.05) is 7.11 Å². The first-order valence-electron chi connectivity index (χ1n) is 11.1. The van der Waals surface area contributed by atoms with Crippen LogP contribution in [-0.4, -0.2) is 22.2 Å². The van der Waals surface area contributed by atoms with Crippen molar-refractivity contribution < 1.29 is 14.3 Å². The summed E-state index contributed by atoms with van der Waals surface area (Å²) in [6.45, 7) is 4.45. The number of hydrogen-bond donors (Lipinski definition) is 1. The van der Waals surface area contributed by atoms with Gasteiger partial charge in [-0.05, 0) is 41.5 Å². The average Bonchev–Trinajstić information content (AvgIpc) is 3.11. The summed E-state index contributed by atoms with van der Waals surface area (Å²) in [4.78, 5) is 26.0. The van der Waals surface area contributed by atoms with Gasteiger partial charge in [-0.15, -0.1) is 0 Å². The quantitative estimate of drug-likeness (QED) is 0.471. The van der Waals surface area contributed by atoms with E-state index in [1.807, 2.05) is 68.4 Å². The third-order valence-electron chi connectivity index (χ3n) is 6.71. The van der Waals surface area contributed by atoms with Crippen LogP contribution in [0.15, 0.2) is 59.4 Å². The number of para-hydroxylation sites is 1. The minimum absolute atomic E-state index is 0.0466. The molecule has 0 amide bonds. The second kappa shape index (κ2) is 8.08. The standard InChI is InChI=1S/C26H27N3O4/c1-15-13-28-23-21(5-4-6-22(23)29(14-27)26(28)31)24(15)33-25(30)16(2)17-7-8-19-12-20(32-3)10-9-18(19)11-17/h4-12,15-16,24H,13-14,27H2,1-3H3/t15?,16-,24-/m1/s1. The molecule has 1 unspecified atom stereocenters. The molecule has 7 nitrogen and oxygen atoms in total. The molecule has 0 radical (unpaired) electrons. The first-order chi connectivity index (χ1) is 15.9. The second-order valence-electron chi connectivity index (χ2n) is 8.75. The molecule has 2 N–H and O–H groups in total. The van der Waals surface area contributed by atoms with E-state index in [1.54, 1.807) is 16.2 Å². The number of hydrogen-bond acceptors (Lipinski definition) is 5. The van der Waals surface area contributed by atoms with Crippen molar-refractivity contribution in [3.8, 4) is 5.75 Å². The predicted octanol–water partition coefficient (Wildman–Crippen LogP) is 3.92. The normalized spacial score (nSPS) is 18.4. The molecule has 0 aliphatic carbocycles. The Bertz CT molecular complexity index is 1440. The molecular formula is C26H27N3O4. The zero-order valence-corrected chi connectivity index (χ0v) is 18.9. The van der Waals surface area contributed by atoms with Crippen LogP contribution in [0.5, 0.6) is 5.75 Å². The largest absolute Gasteiger partial charge is 0.497 e. The van der Waals surface area contributed by atoms with Crippen LogP contribution in [0.2, 0.25) is 0 Å². The number of methoxy groups -OCH3 is 1. The van der Waals surface area contributed by atoms with E-state index in [-0.39, 0.29) is 24.2 Å². The maximum atomic E-state index is 13.2. The highest BCUT2D eigenvalue weighted by atomic mass is 16.5. The summed E-state index contributed by atoms with van der Waals surface area (Å²) in [5.41, 5.74) is 9.01. The molecule has 1 aliphatic heterocycles. The minimum atomic E-state index is -0.430. The molecule has 0 bridgehead atoms. The summed E-state index contributed by atoms with van der Waals surface area (Å²) < 4.78 is 14.7. The first kappa shape index (κ1) is 21.3. The Hall–Kier alpha value is -3.58. The Kier molecular flexibility index (Phi) is 5.21. The summed E-state index contributed by atoms with van der Waals surface area (Å²) in [5.74, 6) is 0.0335. The summed E-state index contributed by atoms with van der Waals surface area (Å²) in [6, 6.07) is 17.5. The average molecular weight is 446 g/mol. The Morgan fingerprint density at radius 1 is 1.15 bits per heavy atom. The molecule has 33 heavy (non-hydrogen) atoms.